The fourth-order valence-electron chi connectivity index (χ4n) is 1.39. The maximum Gasteiger partial charge on any atom is 0.411 e. The van der Waals surface area contributed by atoms with Gasteiger partial charge in [-0.2, -0.15) is 13.2 Å². The molecule has 2 unspecified atom stereocenters. The highest BCUT2D eigenvalue weighted by molar-refractivity contribution is 9.09. The second-order valence-electron chi connectivity index (χ2n) is 3.93. The summed E-state index contributed by atoms with van der Waals surface area (Å²) in [5.74, 6) is 0.522. The third kappa shape index (κ3) is 12.2. The highest BCUT2D eigenvalue weighted by Crippen LogP contribution is 2.18. The molecule has 15 heavy (non-hydrogen) atoms. The Morgan fingerprint density at radius 2 is 1.87 bits per heavy atom. The predicted octanol–water partition coefficient (Wildman–Crippen LogP) is 4.16. The predicted molar refractivity (Wildman–Crippen MR) is 58.3 cm³/mol. The van der Waals surface area contributed by atoms with E-state index in [1.54, 1.807) is 0 Å². The Hall–Kier alpha value is 0.230. The van der Waals surface area contributed by atoms with Crippen LogP contribution in [0.1, 0.15) is 33.1 Å². The van der Waals surface area contributed by atoms with Crippen molar-refractivity contribution in [2.45, 2.75) is 44.1 Å². The summed E-state index contributed by atoms with van der Waals surface area (Å²) in [6, 6.07) is 0. The van der Waals surface area contributed by atoms with Crippen LogP contribution in [0.4, 0.5) is 13.2 Å². The number of hydrogen-bond acceptors (Lipinski definition) is 1. The van der Waals surface area contributed by atoms with E-state index in [1.807, 2.05) is 0 Å². The van der Waals surface area contributed by atoms with Gasteiger partial charge >= 0.3 is 6.18 Å². The third-order valence-electron chi connectivity index (χ3n) is 1.98. The normalized spacial score (nSPS) is 16.4. The molecule has 1 nitrogen and oxygen atoms in total. The summed E-state index contributed by atoms with van der Waals surface area (Å²) in [7, 11) is 0. The molecule has 2 atom stereocenters. The van der Waals surface area contributed by atoms with Gasteiger partial charge in [0.05, 0.1) is 0 Å². The molecule has 0 aromatic heterocycles. The Morgan fingerprint density at radius 1 is 1.27 bits per heavy atom. The van der Waals surface area contributed by atoms with Crippen LogP contribution in [-0.2, 0) is 4.74 Å². The Labute approximate surface area is 97.5 Å². The van der Waals surface area contributed by atoms with Crippen molar-refractivity contribution in [2.75, 3.05) is 13.2 Å². The first kappa shape index (κ1) is 15.2. The van der Waals surface area contributed by atoms with Crippen molar-refractivity contribution in [3.8, 4) is 0 Å². The lowest BCUT2D eigenvalue weighted by Gasteiger charge is -2.13. The number of alkyl halides is 4. The van der Waals surface area contributed by atoms with Gasteiger partial charge in [0.15, 0.2) is 0 Å². The van der Waals surface area contributed by atoms with Gasteiger partial charge in [-0.1, -0.05) is 29.8 Å². The molecular weight excluding hydrogens is 273 g/mol. The first-order valence-corrected chi connectivity index (χ1v) is 6.01. The maximum atomic E-state index is 11.7. The van der Waals surface area contributed by atoms with Crippen molar-refractivity contribution in [2.24, 2.45) is 5.92 Å². The average Bonchev–Trinajstić information content (AvgIpc) is 1.99. The minimum absolute atomic E-state index is 0.195. The second kappa shape index (κ2) is 7.49. The van der Waals surface area contributed by atoms with E-state index < -0.39 is 12.8 Å². The summed E-state index contributed by atoms with van der Waals surface area (Å²) in [6.07, 6.45) is -1.56. The average molecular weight is 291 g/mol. The van der Waals surface area contributed by atoms with E-state index in [-0.39, 0.29) is 6.61 Å². The molecule has 0 N–H and O–H groups in total. The number of rotatable bonds is 7. The van der Waals surface area contributed by atoms with E-state index in [2.05, 4.69) is 34.5 Å². The van der Waals surface area contributed by atoms with Gasteiger partial charge in [-0.15, -0.1) is 0 Å². The molecule has 0 aliphatic heterocycles. The van der Waals surface area contributed by atoms with Crippen molar-refractivity contribution in [3.63, 3.8) is 0 Å². The summed E-state index contributed by atoms with van der Waals surface area (Å²) in [6.45, 7) is 3.23. The Kier molecular flexibility index (Phi) is 7.61. The molecule has 0 heterocycles. The SMILES string of the molecule is CC(Br)CC(C)CCCOCC(F)(F)F. The number of hydrogen-bond donors (Lipinski definition) is 0. The Balaban J connectivity index is 3.31. The van der Waals surface area contributed by atoms with Gasteiger partial charge in [0, 0.05) is 11.4 Å². The summed E-state index contributed by atoms with van der Waals surface area (Å²) in [5, 5.41) is 0. The molecule has 0 aliphatic carbocycles. The van der Waals surface area contributed by atoms with Crippen molar-refractivity contribution in [1.82, 2.24) is 0 Å². The van der Waals surface area contributed by atoms with E-state index in [4.69, 9.17) is 0 Å². The zero-order valence-electron chi connectivity index (χ0n) is 9.11. The molecule has 92 valence electrons. The Bertz CT molecular complexity index is 159. The summed E-state index contributed by atoms with van der Waals surface area (Å²) >= 11 is 3.44. The van der Waals surface area contributed by atoms with E-state index in [0.717, 1.165) is 12.8 Å². The van der Waals surface area contributed by atoms with Gasteiger partial charge in [0.25, 0.3) is 0 Å². The minimum Gasteiger partial charge on any atom is -0.372 e. The molecular formula is C10H18BrF3O. The highest BCUT2D eigenvalue weighted by atomic mass is 79.9. The van der Waals surface area contributed by atoms with Gasteiger partial charge in [-0.25, -0.2) is 0 Å². The van der Waals surface area contributed by atoms with Crippen LogP contribution < -0.4 is 0 Å². The van der Waals surface area contributed by atoms with E-state index >= 15 is 0 Å². The molecule has 0 bridgehead atoms. The van der Waals surface area contributed by atoms with Crippen LogP contribution in [-0.4, -0.2) is 24.2 Å². The molecule has 0 fully saturated rings. The van der Waals surface area contributed by atoms with Gasteiger partial charge in [0.1, 0.15) is 6.61 Å². The molecule has 0 saturated carbocycles. The number of ether oxygens (including phenoxy) is 1. The smallest absolute Gasteiger partial charge is 0.372 e. The third-order valence-corrected chi connectivity index (χ3v) is 2.35. The van der Waals surface area contributed by atoms with Crippen LogP contribution in [0.15, 0.2) is 0 Å². The molecule has 0 amide bonds. The lowest BCUT2D eigenvalue weighted by Crippen LogP contribution is -2.17. The zero-order chi connectivity index (χ0) is 11.9. The van der Waals surface area contributed by atoms with Crippen molar-refractivity contribution in [3.05, 3.63) is 0 Å². The van der Waals surface area contributed by atoms with Crippen molar-refractivity contribution >= 4 is 15.9 Å². The molecule has 0 rings (SSSR count). The van der Waals surface area contributed by atoms with Crippen LogP contribution in [0.2, 0.25) is 0 Å². The lowest BCUT2D eigenvalue weighted by atomic mass is 10.0. The summed E-state index contributed by atoms with van der Waals surface area (Å²) in [4.78, 5) is 0.462. The van der Waals surface area contributed by atoms with Gasteiger partial charge < -0.3 is 4.74 Å². The summed E-state index contributed by atoms with van der Waals surface area (Å²) in [5.41, 5.74) is 0. The van der Waals surface area contributed by atoms with E-state index in [0.29, 0.717) is 17.2 Å². The first-order valence-electron chi connectivity index (χ1n) is 5.10. The molecule has 0 spiro atoms. The van der Waals surface area contributed by atoms with Crippen LogP contribution >= 0.6 is 15.9 Å². The fourth-order valence-corrected chi connectivity index (χ4v) is 2.03. The largest absolute Gasteiger partial charge is 0.411 e. The quantitative estimate of drug-likeness (QED) is 0.505. The van der Waals surface area contributed by atoms with Crippen LogP contribution in [0.5, 0.6) is 0 Å². The standard InChI is InChI=1S/C10H18BrF3O/c1-8(6-9(2)11)4-3-5-15-7-10(12,13)14/h8-9H,3-7H2,1-2H3. The van der Waals surface area contributed by atoms with E-state index in [1.165, 1.54) is 0 Å². The molecule has 0 radical (unpaired) electrons. The van der Waals surface area contributed by atoms with Gasteiger partial charge in [-0.05, 0) is 25.2 Å². The first-order chi connectivity index (χ1) is 6.81. The molecule has 5 heteroatoms. The highest BCUT2D eigenvalue weighted by Gasteiger charge is 2.27. The van der Waals surface area contributed by atoms with Crippen LogP contribution in [0, 0.1) is 5.92 Å². The lowest BCUT2D eigenvalue weighted by molar-refractivity contribution is -0.174. The zero-order valence-corrected chi connectivity index (χ0v) is 10.7. The minimum atomic E-state index is -4.20. The molecule has 0 saturated heterocycles. The fraction of sp³-hybridized carbons (Fsp3) is 1.00. The maximum absolute atomic E-state index is 11.7. The summed E-state index contributed by atoms with van der Waals surface area (Å²) < 4.78 is 39.6. The van der Waals surface area contributed by atoms with Crippen LogP contribution in [0.25, 0.3) is 0 Å². The monoisotopic (exact) mass is 290 g/mol. The van der Waals surface area contributed by atoms with Gasteiger partial charge in [0.2, 0.25) is 0 Å². The number of halogens is 4. The van der Waals surface area contributed by atoms with Crippen LogP contribution in [0.3, 0.4) is 0 Å². The molecule has 0 aliphatic rings. The molecule has 0 aromatic carbocycles. The Morgan fingerprint density at radius 3 is 2.33 bits per heavy atom. The topological polar surface area (TPSA) is 9.23 Å². The molecule has 0 aromatic rings. The van der Waals surface area contributed by atoms with Gasteiger partial charge in [-0.3, -0.25) is 0 Å². The van der Waals surface area contributed by atoms with E-state index in [9.17, 15) is 13.2 Å². The second-order valence-corrected chi connectivity index (χ2v) is 5.49. The van der Waals surface area contributed by atoms with Crippen molar-refractivity contribution < 1.29 is 17.9 Å². The van der Waals surface area contributed by atoms with Crippen molar-refractivity contribution in [1.29, 1.82) is 0 Å².